The lowest BCUT2D eigenvalue weighted by Gasteiger charge is -2.26. The van der Waals surface area contributed by atoms with Crippen LogP contribution in [-0.2, 0) is 13.0 Å². The van der Waals surface area contributed by atoms with Gasteiger partial charge in [-0.2, -0.15) is 0 Å². The predicted octanol–water partition coefficient (Wildman–Crippen LogP) is 5.66. The Morgan fingerprint density at radius 1 is 1.00 bits per heavy atom. The molecule has 0 fully saturated rings. The van der Waals surface area contributed by atoms with Crippen LogP contribution in [-0.4, -0.2) is 18.6 Å². The predicted molar refractivity (Wildman–Crippen MR) is 126 cm³/mol. The summed E-state index contributed by atoms with van der Waals surface area (Å²) in [6.45, 7) is 1.46. The number of methoxy groups -OCH3 is 1. The maximum atomic E-state index is 6.11. The molecule has 1 aromatic heterocycles. The molecule has 0 aliphatic carbocycles. The van der Waals surface area contributed by atoms with E-state index in [1.807, 2.05) is 18.2 Å². The van der Waals surface area contributed by atoms with Gasteiger partial charge in [0.05, 0.1) is 13.2 Å². The first-order chi connectivity index (χ1) is 15.3. The number of benzene rings is 3. The van der Waals surface area contributed by atoms with Crippen molar-refractivity contribution in [3.63, 3.8) is 0 Å². The summed E-state index contributed by atoms with van der Waals surface area (Å²) in [5.74, 6) is 1.57. The van der Waals surface area contributed by atoms with Gasteiger partial charge in [-0.15, -0.1) is 0 Å². The van der Waals surface area contributed by atoms with E-state index in [0.717, 1.165) is 35.5 Å². The van der Waals surface area contributed by atoms with Crippen LogP contribution in [0.5, 0.6) is 11.5 Å². The molecule has 0 spiro atoms. The van der Waals surface area contributed by atoms with Gasteiger partial charge in [-0.1, -0.05) is 60.7 Å². The van der Waals surface area contributed by atoms with Crippen molar-refractivity contribution in [2.45, 2.75) is 19.1 Å². The third kappa shape index (κ3) is 4.07. The summed E-state index contributed by atoms with van der Waals surface area (Å²) in [6, 6.07) is 23.0. The highest BCUT2D eigenvalue weighted by Gasteiger charge is 2.21. The van der Waals surface area contributed by atoms with E-state index in [2.05, 4.69) is 77.2 Å². The van der Waals surface area contributed by atoms with Crippen molar-refractivity contribution in [2.24, 2.45) is 0 Å². The molecule has 5 rings (SSSR count). The molecule has 0 saturated carbocycles. The quantitative estimate of drug-likeness (QED) is 0.431. The van der Waals surface area contributed by atoms with Gasteiger partial charge in [0.1, 0.15) is 6.61 Å². The van der Waals surface area contributed by atoms with Gasteiger partial charge < -0.3 is 19.8 Å². The van der Waals surface area contributed by atoms with E-state index >= 15 is 0 Å². The van der Waals surface area contributed by atoms with Gasteiger partial charge in [0.2, 0.25) is 0 Å². The van der Waals surface area contributed by atoms with Crippen LogP contribution in [0.25, 0.3) is 17.0 Å². The molecule has 2 N–H and O–H groups in total. The Labute approximate surface area is 182 Å². The Hall–Kier alpha value is -3.50. The fourth-order valence-electron chi connectivity index (χ4n) is 4.21. The van der Waals surface area contributed by atoms with Gasteiger partial charge in [-0.25, -0.2) is 0 Å². The number of hydrogen-bond acceptors (Lipinski definition) is 3. The van der Waals surface area contributed by atoms with E-state index in [0.29, 0.717) is 6.61 Å². The third-order valence-electron chi connectivity index (χ3n) is 5.85. The van der Waals surface area contributed by atoms with Crippen LogP contribution in [0.2, 0.25) is 0 Å². The number of fused-ring (bicyclic) bond motifs is 2. The lowest BCUT2D eigenvalue weighted by molar-refractivity contribution is 0.283. The van der Waals surface area contributed by atoms with E-state index < -0.39 is 0 Å². The first kappa shape index (κ1) is 19.5. The molecule has 4 nitrogen and oxygen atoms in total. The Bertz CT molecular complexity index is 1210. The molecular formula is C27H26N2O2. The third-order valence-corrected chi connectivity index (χ3v) is 5.85. The van der Waals surface area contributed by atoms with Crippen molar-refractivity contribution in [3.8, 4) is 11.5 Å². The van der Waals surface area contributed by atoms with Crippen molar-refractivity contribution in [1.29, 1.82) is 0 Å². The second-order valence-corrected chi connectivity index (χ2v) is 7.81. The average Bonchev–Trinajstić information content (AvgIpc) is 3.24. The summed E-state index contributed by atoms with van der Waals surface area (Å²) >= 11 is 0. The largest absolute Gasteiger partial charge is 0.493 e. The summed E-state index contributed by atoms with van der Waals surface area (Å²) < 4.78 is 11.8. The molecule has 4 heteroatoms. The van der Waals surface area contributed by atoms with Gasteiger partial charge in [0.15, 0.2) is 11.5 Å². The molecular weight excluding hydrogens is 384 g/mol. The Morgan fingerprint density at radius 2 is 1.84 bits per heavy atom. The highest BCUT2D eigenvalue weighted by atomic mass is 16.5. The van der Waals surface area contributed by atoms with Crippen LogP contribution < -0.4 is 14.8 Å². The number of hydrogen-bond donors (Lipinski definition) is 2. The second-order valence-electron chi connectivity index (χ2n) is 7.81. The topological polar surface area (TPSA) is 46.3 Å². The van der Waals surface area contributed by atoms with Crippen LogP contribution in [0.4, 0.5) is 0 Å². The lowest BCUT2D eigenvalue weighted by Crippen LogP contribution is -2.28. The zero-order chi connectivity index (χ0) is 21.0. The van der Waals surface area contributed by atoms with Crippen molar-refractivity contribution >= 4 is 17.0 Å². The van der Waals surface area contributed by atoms with Crippen molar-refractivity contribution in [3.05, 3.63) is 101 Å². The van der Waals surface area contributed by atoms with Gasteiger partial charge in [0.25, 0.3) is 0 Å². The smallest absolute Gasteiger partial charge is 0.161 e. The molecule has 2 heterocycles. The molecule has 0 bridgehead atoms. The standard InChI is InChI=1S/C27H26N2O2/c1-30-26-16-23-20(15-27(26)31-18-19-7-3-2-4-8-19)13-14-28-25(23)12-11-21-17-29-24-10-6-5-9-22(21)24/h2-12,15-17,25,28-29H,13-14,18H2,1H3. The number of nitrogens with one attached hydrogen (secondary N) is 2. The molecule has 3 aromatic carbocycles. The molecule has 0 amide bonds. The average molecular weight is 411 g/mol. The number of aromatic amines is 1. The molecule has 0 radical (unpaired) electrons. The second kappa shape index (κ2) is 8.70. The summed E-state index contributed by atoms with van der Waals surface area (Å²) in [6.07, 6.45) is 7.46. The Morgan fingerprint density at radius 3 is 2.71 bits per heavy atom. The summed E-state index contributed by atoms with van der Waals surface area (Å²) in [7, 11) is 1.70. The summed E-state index contributed by atoms with van der Waals surface area (Å²) in [4.78, 5) is 3.34. The highest BCUT2D eigenvalue weighted by Crippen LogP contribution is 2.36. The molecule has 4 aromatic rings. The van der Waals surface area contributed by atoms with E-state index in [4.69, 9.17) is 9.47 Å². The minimum absolute atomic E-state index is 0.134. The van der Waals surface area contributed by atoms with Gasteiger partial charge >= 0.3 is 0 Å². The SMILES string of the molecule is COc1cc2c(cc1OCc1ccccc1)CCNC2C=Cc1c[nH]c2ccccc12. The monoisotopic (exact) mass is 410 g/mol. The number of H-pyrrole nitrogens is 1. The molecule has 1 atom stereocenters. The van der Waals surface area contributed by atoms with E-state index in [1.54, 1.807) is 7.11 Å². The molecule has 0 saturated heterocycles. The fraction of sp³-hybridized carbons (Fsp3) is 0.185. The van der Waals surface area contributed by atoms with Crippen molar-refractivity contribution in [1.82, 2.24) is 10.3 Å². The fourth-order valence-corrected chi connectivity index (χ4v) is 4.21. The molecule has 1 aliphatic heterocycles. The minimum atomic E-state index is 0.134. The number of ether oxygens (including phenoxy) is 2. The van der Waals surface area contributed by atoms with Crippen LogP contribution in [0.15, 0.2) is 79.0 Å². The zero-order valence-electron chi connectivity index (χ0n) is 17.6. The van der Waals surface area contributed by atoms with Crippen LogP contribution in [0, 0.1) is 0 Å². The first-order valence-electron chi connectivity index (χ1n) is 10.7. The van der Waals surface area contributed by atoms with E-state index in [-0.39, 0.29) is 6.04 Å². The van der Waals surface area contributed by atoms with Gasteiger partial charge in [-0.05, 0) is 46.9 Å². The number of rotatable bonds is 6. The van der Waals surface area contributed by atoms with E-state index in [9.17, 15) is 0 Å². The highest BCUT2D eigenvalue weighted by molar-refractivity contribution is 5.88. The maximum Gasteiger partial charge on any atom is 0.161 e. The minimum Gasteiger partial charge on any atom is -0.493 e. The van der Waals surface area contributed by atoms with Crippen LogP contribution in [0.1, 0.15) is 28.3 Å². The zero-order valence-corrected chi connectivity index (χ0v) is 17.6. The lowest BCUT2D eigenvalue weighted by atomic mass is 9.93. The number of para-hydroxylation sites is 1. The van der Waals surface area contributed by atoms with Crippen molar-refractivity contribution < 1.29 is 9.47 Å². The molecule has 1 unspecified atom stereocenters. The van der Waals surface area contributed by atoms with Crippen LogP contribution >= 0.6 is 0 Å². The molecule has 1 aliphatic rings. The van der Waals surface area contributed by atoms with E-state index in [1.165, 1.54) is 22.1 Å². The Balaban J connectivity index is 1.40. The van der Waals surface area contributed by atoms with Crippen LogP contribution in [0.3, 0.4) is 0 Å². The summed E-state index contributed by atoms with van der Waals surface area (Å²) in [5, 5.41) is 4.85. The summed E-state index contributed by atoms with van der Waals surface area (Å²) in [5.41, 5.74) is 6.03. The first-order valence-corrected chi connectivity index (χ1v) is 10.7. The maximum absolute atomic E-state index is 6.11. The molecule has 156 valence electrons. The van der Waals surface area contributed by atoms with Gasteiger partial charge in [0, 0.05) is 23.6 Å². The normalized spacial score (nSPS) is 15.8. The van der Waals surface area contributed by atoms with Crippen molar-refractivity contribution in [2.75, 3.05) is 13.7 Å². The Kier molecular flexibility index (Phi) is 5.46. The number of aromatic nitrogens is 1. The molecule has 31 heavy (non-hydrogen) atoms. The van der Waals surface area contributed by atoms with Gasteiger partial charge in [-0.3, -0.25) is 0 Å².